The molecule has 1 aliphatic heterocycles. The molecule has 138 valence electrons. The average molecular weight is 363 g/mol. The van der Waals surface area contributed by atoms with Crippen molar-refractivity contribution in [3.63, 3.8) is 0 Å². The minimum atomic E-state index is -4.30. The first kappa shape index (κ1) is 18.5. The maximum Gasteiger partial charge on any atom is 0.416 e. The molecule has 6 heteroatoms. The smallest absolute Gasteiger partial charge is 0.416 e. The highest BCUT2D eigenvalue weighted by Crippen LogP contribution is 2.33. The van der Waals surface area contributed by atoms with Crippen molar-refractivity contribution in [3.05, 3.63) is 70.8 Å². The Bertz CT molecular complexity index is 763. The van der Waals surface area contributed by atoms with Crippen LogP contribution in [0.2, 0.25) is 0 Å². The summed E-state index contributed by atoms with van der Waals surface area (Å²) in [7, 11) is 0. The summed E-state index contributed by atoms with van der Waals surface area (Å²) in [4.78, 5) is 13.3. The van der Waals surface area contributed by atoms with Gasteiger partial charge in [0, 0.05) is 6.54 Å². The molecule has 2 aromatic carbocycles. The zero-order valence-corrected chi connectivity index (χ0v) is 14.2. The van der Waals surface area contributed by atoms with Gasteiger partial charge < -0.3 is 5.11 Å². The van der Waals surface area contributed by atoms with Gasteiger partial charge in [0.2, 0.25) is 0 Å². The Labute approximate surface area is 150 Å². The van der Waals surface area contributed by atoms with Gasteiger partial charge in [-0.15, -0.1) is 0 Å². The van der Waals surface area contributed by atoms with Crippen molar-refractivity contribution in [1.82, 2.24) is 4.90 Å². The van der Waals surface area contributed by atoms with Crippen LogP contribution in [0.15, 0.2) is 48.5 Å². The van der Waals surface area contributed by atoms with E-state index in [1.807, 2.05) is 6.07 Å². The highest BCUT2D eigenvalue weighted by atomic mass is 19.4. The van der Waals surface area contributed by atoms with Crippen LogP contribution < -0.4 is 0 Å². The SMILES string of the molecule is O=C(O)c1cccc(CN2CCC(c3ccc(C(F)(F)F)cc3)CC2)c1. The molecule has 0 atom stereocenters. The van der Waals surface area contributed by atoms with Gasteiger partial charge in [-0.05, 0) is 67.2 Å². The monoisotopic (exact) mass is 363 g/mol. The van der Waals surface area contributed by atoms with Crippen LogP contribution in [0, 0.1) is 0 Å². The van der Waals surface area contributed by atoms with E-state index in [0.29, 0.717) is 6.54 Å². The number of benzene rings is 2. The number of rotatable bonds is 4. The lowest BCUT2D eigenvalue weighted by Crippen LogP contribution is -2.32. The van der Waals surface area contributed by atoms with Crippen LogP contribution >= 0.6 is 0 Å². The first-order valence-electron chi connectivity index (χ1n) is 8.54. The van der Waals surface area contributed by atoms with Crippen LogP contribution in [-0.2, 0) is 12.7 Å². The van der Waals surface area contributed by atoms with Gasteiger partial charge in [0.1, 0.15) is 0 Å². The topological polar surface area (TPSA) is 40.5 Å². The van der Waals surface area contributed by atoms with Gasteiger partial charge in [-0.3, -0.25) is 4.90 Å². The fourth-order valence-electron chi connectivity index (χ4n) is 3.43. The Morgan fingerprint density at radius 1 is 1.08 bits per heavy atom. The van der Waals surface area contributed by atoms with Crippen LogP contribution in [0.25, 0.3) is 0 Å². The van der Waals surface area contributed by atoms with Crippen LogP contribution in [0.4, 0.5) is 13.2 Å². The van der Waals surface area contributed by atoms with E-state index in [1.54, 1.807) is 30.3 Å². The van der Waals surface area contributed by atoms with E-state index in [9.17, 15) is 18.0 Å². The molecule has 0 radical (unpaired) electrons. The lowest BCUT2D eigenvalue weighted by atomic mass is 9.89. The lowest BCUT2D eigenvalue weighted by molar-refractivity contribution is -0.137. The van der Waals surface area contributed by atoms with Crippen LogP contribution in [-0.4, -0.2) is 29.1 Å². The van der Waals surface area contributed by atoms with E-state index in [1.165, 1.54) is 0 Å². The molecule has 0 aliphatic carbocycles. The molecule has 26 heavy (non-hydrogen) atoms. The highest BCUT2D eigenvalue weighted by Gasteiger charge is 2.30. The first-order chi connectivity index (χ1) is 12.3. The molecule has 0 bridgehead atoms. The van der Waals surface area contributed by atoms with Crippen molar-refractivity contribution in [2.45, 2.75) is 31.5 Å². The molecule has 0 aromatic heterocycles. The summed E-state index contributed by atoms with van der Waals surface area (Å²) in [6.07, 6.45) is -2.54. The predicted molar refractivity (Wildman–Crippen MR) is 92.1 cm³/mol. The maximum atomic E-state index is 12.7. The second-order valence-corrected chi connectivity index (χ2v) is 6.68. The maximum absolute atomic E-state index is 12.7. The zero-order valence-electron chi connectivity index (χ0n) is 14.2. The van der Waals surface area contributed by atoms with E-state index in [-0.39, 0.29) is 11.5 Å². The van der Waals surface area contributed by atoms with Crippen LogP contribution in [0.1, 0.15) is 45.8 Å². The third kappa shape index (κ3) is 4.43. The normalized spacial score (nSPS) is 16.6. The van der Waals surface area contributed by atoms with Crippen LogP contribution in [0.5, 0.6) is 0 Å². The molecule has 1 fully saturated rings. The fraction of sp³-hybridized carbons (Fsp3) is 0.350. The second-order valence-electron chi connectivity index (χ2n) is 6.68. The number of nitrogens with zero attached hydrogens (tertiary/aromatic N) is 1. The molecule has 3 rings (SSSR count). The number of carbonyl (C=O) groups is 1. The quantitative estimate of drug-likeness (QED) is 0.850. The third-order valence-corrected chi connectivity index (χ3v) is 4.88. The second kappa shape index (κ2) is 7.50. The summed E-state index contributed by atoms with van der Waals surface area (Å²) in [6, 6.07) is 12.4. The van der Waals surface area contributed by atoms with E-state index >= 15 is 0 Å². The number of alkyl halides is 3. The summed E-state index contributed by atoms with van der Waals surface area (Å²) in [5.74, 6) is -0.674. The van der Waals surface area contributed by atoms with E-state index in [0.717, 1.165) is 49.2 Å². The number of halogens is 3. The average Bonchev–Trinajstić information content (AvgIpc) is 2.62. The largest absolute Gasteiger partial charge is 0.478 e. The molecule has 1 heterocycles. The molecule has 2 aromatic rings. The molecule has 0 amide bonds. The van der Waals surface area contributed by atoms with Crippen molar-refractivity contribution >= 4 is 5.97 Å². The van der Waals surface area contributed by atoms with E-state index in [4.69, 9.17) is 5.11 Å². The fourth-order valence-corrected chi connectivity index (χ4v) is 3.43. The van der Waals surface area contributed by atoms with Gasteiger partial charge in [-0.1, -0.05) is 24.3 Å². The molecule has 1 N–H and O–H groups in total. The Hall–Kier alpha value is -2.34. The zero-order chi connectivity index (χ0) is 18.7. The van der Waals surface area contributed by atoms with Gasteiger partial charge in [0.25, 0.3) is 0 Å². The minimum absolute atomic E-state index is 0.263. The summed E-state index contributed by atoms with van der Waals surface area (Å²) in [5, 5.41) is 9.06. The highest BCUT2D eigenvalue weighted by molar-refractivity contribution is 5.87. The van der Waals surface area contributed by atoms with Gasteiger partial charge in [-0.2, -0.15) is 13.2 Å². The first-order valence-corrected chi connectivity index (χ1v) is 8.54. The number of carboxylic acid groups (broad SMARTS) is 1. The van der Waals surface area contributed by atoms with Crippen molar-refractivity contribution < 1.29 is 23.1 Å². The molecule has 1 aliphatic rings. The third-order valence-electron chi connectivity index (χ3n) is 4.88. The number of likely N-dealkylation sites (tertiary alicyclic amines) is 1. The Kier molecular flexibility index (Phi) is 5.32. The molecule has 0 unspecified atom stereocenters. The number of aromatic carboxylic acids is 1. The molecule has 0 spiro atoms. The molecular weight excluding hydrogens is 343 g/mol. The number of hydrogen-bond donors (Lipinski definition) is 1. The van der Waals surface area contributed by atoms with E-state index < -0.39 is 17.7 Å². The van der Waals surface area contributed by atoms with Gasteiger partial charge in [0.05, 0.1) is 11.1 Å². The van der Waals surface area contributed by atoms with Gasteiger partial charge in [0.15, 0.2) is 0 Å². The lowest BCUT2D eigenvalue weighted by Gasteiger charge is -2.32. The number of carboxylic acids is 1. The number of hydrogen-bond acceptors (Lipinski definition) is 2. The summed E-state index contributed by atoms with van der Waals surface area (Å²) >= 11 is 0. The van der Waals surface area contributed by atoms with Crippen molar-refractivity contribution in [3.8, 4) is 0 Å². The van der Waals surface area contributed by atoms with Crippen molar-refractivity contribution in [2.75, 3.05) is 13.1 Å². The standard InChI is InChI=1S/C20H20F3NO2/c21-20(22,23)18-6-4-15(5-7-18)16-8-10-24(11-9-16)13-14-2-1-3-17(12-14)19(25)26/h1-7,12,16H,8-11,13H2,(H,25,26). The summed E-state index contributed by atoms with van der Waals surface area (Å²) < 4.78 is 38.0. The summed E-state index contributed by atoms with van der Waals surface area (Å²) in [6.45, 7) is 2.35. The predicted octanol–water partition coefficient (Wildman–Crippen LogP) is 4.78. The molecule has 0 saturated carbocycles. The molecular formula is C20H20F3NO2. The van der Waals surface area contributed by atoms with Crippen LogP contribution in [0.3, 0.4) is 0 Å². The summed E-state index contributed by atoms with van der Waals surface area (Å²) in [5.41, 5.74) is 1.57. The molecule has 3 nitrogen and oxygen atoms in total. The van der Waals surface area contributed by atoms with Crippen molar-refractivity contribution in [1.29, 1.82) is 0 Å². The van der Waals surface area contributed by atoms with E-state index in [2.05, 4.69) is 4.90 Å². The van der Waals surface area contributed by atoms with Crippen molar-refractivity contribution in [2.24, 2.45) is 0 Å². The minimum Gasteiger partial charge on any atom is -0.478 e. The Morgan fingerprint density at radius 3 is 2.31 bits per heavy atom. The molecule has 1 saturated heterocycles. The van der Waals surface area contributed by atoms with Gasteiger partial charge in [-0.25, -0.2) is 4.79 Å². The Balaban J connectivity index is 1.57. The van der Waals surface area contributed by atoms with Gasteiger partial charge >= 0.3 is 12.1 Å². The number of piperidine rings is 1. The Morgan fingerprint density at radius 2 is 1.73 bits per heavy atom.